The lowest BCUT2D eigenvalue weighted by atomic mass is 9.94. The van der Waals surface area contributed by atoms with Crippen LogP contribution in [-0.4, -0.2) is 37.8 Å². The second-order valence-electron chi connectivity index (χ2n) is 5.50. The van der Waals surface area contributed by atoms with Crippen molar-refractivity contribution in [1.82, 2.24) is 4.31 Å². The van der Waals surface area contributed by atoms with Gasteiger partial charge in [0, 0.05) is 19.7 Å². The van der Waals surface area contributed by atoms with Crippen LogP contribution >= 0.6 is 28.3 Å². The smallest absolute Gasteiger partial charge is 0.283 e. The number of nitrogens with zero attached hydrogens (tertiary/aromatic N) is 2. The van der Waals surface area contributed by atoms with Gasteiger partial charge in [0.15, 0.2) is 0 Å². The van der Waals surface area contributed by atoms with Gasteiger partial charge in [-0.15, -0.1) is 12.4 Å². The van der Waals surface area contributed by atoms with Crippen LogP contribution in [0, 0.1) is 15.5 Å². The van der Waals surface area contributed by atoms with Gasteiger partial charge in [0.2, 0.25) is 10.0 Å². The summed E-state index contributed by atoms with van der Waals surface area (Å²) in [6, 6.07) is 3.63. The molecule has 1 aromatic rings. The summed E-state index contributed by atoms with van der Waals surface area (Å²) in [5, 5.41) is 10.7. The lowest BCUT2D eigenvalue weighted by Gasteiger charge is -2.28. The lowest BCUT2D eigenvalue weighted by molar-refractivity contribution is -0.385. The van der Waals surface area contributed by atoms with E-state index >= 15 is 0 Å². The van der Waals surface area contributed by atoms with Gasteiger partial charge >= 0.3 is 0 Å². The highest BCUT2D eigenvalue weighted by molar-refractivity contribution is 9.10. The van der Waals surface area contributed by atoms with E-state index in [-0.39, 0.29) is 39.4 Å². The molecule has 0 heterocycles. The van der Waals surface area contributed by atoms with Gasteiger partial charge in [0.05, 0.1) is 14.3 Å². The highest BCUT2D eigenvalue weighted by atomic mass is 79.9. The van der Waals surface area contributed by atoms with Gasteiger partial charge in [0.25, 0.3) is 5.69 Å². The van der Waals surface area contributed by atoms with Crippen molar-refractivity contribution in [3.05, 3.63) is 32.8 Å². The molecule has 0 aliphatic rings. The molecule has 0 saturated carbocycles. The Morgan fingerprint density at radius 1 is 1.41 bits per heavy atom. The molecule has 0 spiro atoms. The largest absolute Gasteiger partial charge is 0.330 e. The Labute approximate surface area is 144 Å². The van der Waals surface area contributed by atoms with E-state index < -0.39 is 14.9 Å². The number of nitro benzene ring substituents is 1. The number of halogens is 2. The Morgan fingerprint density at radius 2 is 1.95 bits per heavy atom. The number of nitro groups is 1. The molecule has 0 radical (unpaired) electrons. The zero-order chi connectivity index (χ0) is 16.4. The third kappa shape index (κ3) is 4.88. The molecule has 0 aromatic heterocycles. The van der Waals surface area contributed by atoms with Crippen LogP contribution in [0.2, 0.25) is 0 Å². The minimum absolute atomic E-state index is 0. The molecule has 0 fully saturated rings. The molecule has 0 amide bonds. The zero-order valence-electron chi connectivity index (χ0n) is 12.4. The average Bonchev–Trinajstić information content (AvgIpc) is 2.37. The summed E-state index contributed by atoms with van der Waals surface area (Å²) in [5.74, 6) is 0. The number of benzene rings is 1. The standard InChI is InChI=1S/C12H18BrN3O4S.ClH/c1-12(2,7-14)8-15(3)21(19,20)9-4-5-11(16(17)18)10(13)6-9;/h4-6H,7-8,14H2,1-3H3;1H. The molecule has 1 rings (SSSR count). The summed E-state index contributed by atoms with van der Waals surface area (Å²) in [6.45, 7) is 4.33. The molecule has 22 heavy (non-hydrogen) atoms. The first-order valence-electron chi connectivity index (χ1n) is 6.11. The van der Waals surface area contributed by atoms with Crippen molar-refractivity contribution in [2.24, 2.45) is 11.1 Å². The molecule has 1 aromatic carbocycles. The van der Waals surface area contributed by atoms with Crippen LogP contribution in [0.15, 0.2) is 27.6 Å². The van der Waals surface area contributed by atoms with E-state index in [2.05, 4.69) is 15.9 Å². The normalized spacial score (nSPS) is 12.1. The van der Waals surface area contributed by atoms with Crippen molar-refractivity contribution < 1.29 is 13.3 Å². The van der Waals surface area contributed by atoms with Crippen LogP contribution in [0.5, 0.6) is 0 Å². The van der Waals surface area contributed by atoms with E-state index in [1.165, 1.54) is 29.6 Å². The Morgan fingerprint density at radius 3 is 2.36 bits per heavy atom. The zero-order valence-corrected chi connectivity index (χ0v) is 15.7. The second kappa shape index (κ2) is 7.69. The first-order valence-corrected chi connectivity index (χ1v) is 8.35. The second-order valence-corrected chi connectivity index (χ2v) is 8.40. The van der Waals surface area contributed by atoms with Crippen LogP contribution in [0.4, 0.5) is 5.69 Å². The fraction of sp³-hybridized carbons (Fsp3) is 0.500. The van der Waals surface area contributed by atoms with E-state index in [0.29, 0.717) is 6.54 Å². The van der Waals surface area contributed by atoms with Gasteiger partial charge in [-0.2, -0.15) is 0 Å². The summed E-state index contributed by atoms with van der Waals surface area (Å²) in [7, 11) is -2.26. The molecule has 10 heteroatoms. The molecule has 0 aliphatic carbocycles. The van der Waals surface area contributed by atoms with E-state index in [9.17, 15) is 18.5 Å². The van der Waals surface area contributed by atoms with Crippen molar-refractivity contribution >= 4 is 44.0 Å². The monoisotopic (exact) mass is 415 g/mol. The van der Waals surface area contributed by atoms with Crippen molar-refractivity contribution in [3.63, 3.8) is 0 Å². The van der Waals surface area contributed by atoms with Gasteiger partial charge < -0.3 is 5.73 Å². The van der Waals surface area contributed by atoms with Crippen LogP contribution in [-0.2, 0) is 10.0 Å². The molecule has 7 nitrogen and oxygen atoms in total. The molecule has 2 N–H and O–H groups in total. The van der Waals surface area contributed by atoms with Crippen molar-refractivity contribution in [3.8, 4) is 0 Å². The number of rotatable bonds is 6. The molecule has 0 saturated heterocycles. The minimum Gasteiger partial charge on any atom is -0.330 e. The predicted octanol–water partition coefficient (Wildman–Crippen LogP) is 2.38. The summed E-state index contributed by atoms with van der Waals surface area (Å²) in [5.41, 5.74) is 5.07. The fourth-order valence-electron chi connectivity index (χ4n) is 1.73. The van der Waals surface area contributed by atoms with Crippen molar-refractivity contribution in [2.75, 3.05) is 20.1 Å². The molecular formula is C12H19BrClN3O4S. The number of nitrogens with two attached hydrogens (primary N) is 1. The topological polar surface area (TPSA) is 107 Å². The van der Waals surface area contributed by atoms with Crippen molar-refractivity contribution in [2.45, 2.75) is 18.7 Å². The van der Waals surface area contributed by atoms with Gasteiger partial charge in [-0.1, -0.05) is 13.8 Å². The summed E-state index contributed by atoms with van der Waals surface area (Å²) in [6.07, 6.45) is 0. The van der Waals surface area contributed by atoms with E-state index in [0.717, 1.165) is 0 Å². The van der Waals surface area contributed by atoms with Crippen molar-refractivity contribution in [1.29, 1.82) is 0 Å². The summed E-state index contributed by atoms with van der Waals surface area (Å²) >= 11 is 3.02. The van der Waals surface area contributed by atoms with Crippen LogP contribution in [0.25, 0.3) is 0 Å². The first-order chi connectivity index (χ1) is 9.51. The SMILES string of the molecule is CN(CC(C)(C)CN)S(=O)(=O)c1ccc([N+](=O)[O-])c(Br)c1.Cl. The van der Waals surface area contributed by atoms with E-state index in [4.69, 9.17) is 5.73 Å². The maximum absolute atomic E-state index is 12.5. The number of hydrogen-bond acceptors (Lipinski definition) is 5. The quantitative estimate of drug-likeness (QED) is 0.566. The Balaban J connectivity index is 0.00000441. The molecule has 0 aliphatic heterocycles. The predicted molar refractivity (Wildman–Crippen MR) is 90.7 cm³/mol. The third-order valence-electron chi connectivity index (χ3n) is 3.03. The fourth-order valence-corrected chi connectivity index (χ4v) is 3.79. The maximum Gasteiger partial charge on any atom is 0.283 e. The summed E-state index contributed by atoms with van der Waals surface area (Å²) in [4.78, 5) is 10.2. The highest BCUT2D eigenvalue weighted by Gasteiger charge is 2.28. The maximum atomic E-state index is 12.5. The summed E-state index contributed by atoms with van der Waals surface area (Å²) < 4.78 is 26.2. The lowest BCUT2D eigenvalue weighted by Crippen LogP contribution is -2.39. The molecule has 126 valence electrons. The van der Waals surface area contributed by atoms with Crippen LogP contribution < -0.4 is 5.73 Å². The van der Waals surface area contributed by atoms with E-state index in [1.807, 2.05) is 13.8 Å². The molecule has 0 bridgehead atoms. The highest BCUT2D eigenvalue weighted by Crippen LogP contribution is 2.29. The van der Waals surface area contributed by atoms with Gasteiger partial charge in [-0.3, -0.25) is 10.1 Å². The molecular weight excluding hydrogens is 398 g/mol. The number of hydrogen-bond donors (Lipinski definition) is 1. The van der Waals surface area contributed by atoms with Gasteiger partial charge in [0.1, 0.15) is 0 Å². The number of sulfonamides is 1. The third-order valence-corrected chi connectivity index (χ3v) is 5.46. The average molecular weight is 417 g/mol. The van der Waals surface area contributed by atoms with E-state index in [1.54, 1.807) is 0 Å². The Bertz CT molecular complexity index is 652. The minimum atomic E-state index is -3.72. The van der Waals surface area contributed by atoms with Gasteiger partial charge in [-0.05, 0) is 40.0 Å². The van der Waals surface area contributed by atoms with Gasteiger partial charge in [-0.25, -0.2) is 12.7 Å². The molecule has 0 unspecified atom stereocenters. The molecule has 0 atom stereocenters. The Hall–Kier alpha value is -0.740. The van der Waals surface area contributed by atoms with Crippen LogP contribution in [0.1, 0.15) is 13.8 Å². The van der Waals surface area contributed by atoms with Crippen LogP contribution in [0.3, 0.4) is 0 Å². The first kappa shape index (κ1) is 21.3. The Kier molecular flexibility index (Phi) is 7.43.